The lowest BCUT2D eigenvalue weighted by Crippen LogP contribution is -1.77. The molecule has 1 aliphatic rings. The molecule has 2 heteroatoms. The van der Waals surface area contributed by atoms with E-state index in [2.05, 4.69) is 12.3 Å². The fraction of sp³-hybridized carbons (Fsp3) is 0.714. The molecule has 0 unspecified atom stereocenters. The summed E-state index contributed by atoms with van der Waals surface area (Å²) in [5.74, 6) is 2.61. The van der Waals surface area contributed by atoms with Crippen LogP contribution in [0.2, 0.25) is 0 Å². The zero-order chi connectivity index (χ0) is 6.53. The van der Waals surface area contributed by atoms with E-state index in [9.17, 15) is 0 Å². The van der Waals surface area contributed by atoms with E-state index in [4.69, 9.17) is 0 Å². The molecule has 0 saturated carbocycles. The van der Waals surface area contributed by atoms with Crippen molar-refractivity contribution in [2.75, 3.05) is 17.8 Å². The minimum absolute atomic E-state index is 1.29. The van der Waals surface area contributed by atoms with E-state index in [-0.39, 0.29) is 0 Å². The first-order valence-electron chi connectivity index (χ1n) is 3.24. The van der Waals surface area contributed by atoms with Crippen molar-refractivity contribution < 1.29 is 0 Å². The summed E-state index contributed by atoms with van der Waals surface area (Å²) in [5.41, 5.74) is 0. The van der Waals surface area contributed by atoms with E-state index in [1.807, 2.05) is 23.5 Å². The predicted octanol–water partition coefficient (Wildman–Crippen LogP) is 2.76. The van der Waals surface area contributed by atoms with Crippen LogP contribution in [-0.4, -0.2) is 17.8 Å². The van der Waals surface area contributed by atoms with Gasteiger partial charge in [-0.15, -0.1) is 11.8 Å². The normalized spacial score (nSPS) is 18.1. The highest BCUT2D eigenvalue weighted by Crippen LogP contribution is 2.27. The summed E-state index contributed by atoms with van der Waals surface area (Å²) in [4.78, 5) is 1.62. The predicted molar refractivity (Wildman–Crippen MR) is 48.2 cm³/mol. The molecule has 0 aliphatic carbocycles. The van der Waals surface area contributed by atoms with Crippen molar-refractivity contribution in [3.63, 3.8) is 0 Å². The minimum atomic E-state index is 1.29. The van der Waals surface area contributed by atoms with Gasteiger partial charge in [0, 0.05) is 5.75 Å². The summed E-state index contributed by atoms with van der Waals surface area (Å²) >= 11 is 3.96. The Bertz CT molecular complexity index is 107. The highest BCUT2D eigenvalue weighted by Gasteiger charge is 2.02. The second kappa shape index (κ2) is 4.29. The van der Waals surface area contributed by atoms with Crippen molar-refractivity contribution in [1.29, 1.82) is 0 Å². The lowest BCUT2D eigenvalue weighted by atomic mass is 10.3. The highest BCUT2D eigenvalue weighted by atomic mass is 32.2. The molecule has 0 saturated heterocycles. The Morgan fingerprint density at radius 2 is 2.67 bits per heavy atom. The summed E-state index contributed by atoms with van der Waals surface area (Å²) in [6.07, 6.45) is 7.14. The average molecular weight is 160 g/mol. The smallest absolute Gasteiger partial charge is 0.00117 e. The Hall–Kier alpha value is 0.440. The summed E-state index contributed by atoms with van der Waals surface area (Å²) in [5, 5.41) is 0. The average Bonchev–Trinajstić information content (AvgIpc) is 2.34. The first-order valence-corrected chi connectivity index (χ1v) is 5.62. The van der Waals surface area contributed by atoms with Gasteiger partial charge in [-0.3, -0.25) is 0 Å². The van der Waals surface area contributed by atoms with Crippen molar-refractivity contribution in [1.82, 2.24) is 0 Å². The first kappa shape index (κ1) is 7.55. The molecule has 1 rings (SSSR count). The van der Waals surface area contributed by atoms with Crippen molar-refractivity contribution in [3.8, 4) is 0 Å². The Morgan fingerprint density at radius 3 is 3.22 bits per heavy atom. The largest absolute Gasteiger partial charge is 0.165 e. The Balaban J connectivity index is 2.11. The van der Waals surface area contributed by atoms with Gasteiger partial charge in [0.05, 0.1) is 0 Å². The molecule has 9 heavy (non-hydrogen) atoms. The lowest BCUT2D eigenvalue weighted by molar-refractivity contribution is 1.19. The Morgan fingerprint density at radius 1 is 1.78 bits per heavy atom. The van der Waals surface area contributed by atoms with Crippen LogP contribution in [0, 0.1) is 0 Å². The zero-order valence-electron chi connectivity index (χ0n) is 5.72. The molecule has 0 N–H and O–H groups in total. The van der Waals surface area contributed by atoms with Gasteiger partial charge in [-0.2, -0.15) is 11.8 Å². The second-order valence-electron chi connectivity index (χ2n) is 2.05. The van der Waals surface area contributed by atoms with E-state index >= 15 is 0 Å². The zero-order valence-corrected chi connectivity index (χ0v) is 7.36. The monoisotopic (exact) mass is 160 g/mol. The third-order valence-electron chi connectivity index (χ3n) is 1.33. The molecule has 1 aliphatic heterocycles. The molecule has 0 aromatic heterocycles. The molecule has 0 bridgehead atoms. The molecule has 0 spiro atoms. The number of rotatable bonds is 3. The maximum atomic E-state index is 2.38. The summed E-state index contributed by atoms with van der Waals surface area (Å²) in [6.45, 7) is 0. The standard InChI is InChI=1S/C7H12S2/c1-8-6-4-7-3-2-5-9-7/h3H,2,4-6H2,1H3. The Labute approximate surface area is 65.5 Å². The van der Waals surface area contributed by atoms with Crippen LogP contribution < -0.4 is 0 Å². The van der Waals surface area contributed by atoms with Crippen LogP contribution in [0.5, 0.6) is 0 Å². The van der Waals surface area contributed by atoms with Crippen molar-refractivity contribution in [2.24, 2.45) is 0 Å². The van der Waals surface area contributed by atoms with Gasteiger partial charge in [-0.1, -0.05) is 6.08 Å². The van der Waals surface area contributed by atoms with Crippen molar-refractivity contribution >= 4 is 23.5 Å². The summed E-state index contributed by atoms with van der Waals surface area (Å²) in [6, 6.07) is 0. The fourth-order valence-corrected chi connectivity index (χ4v) is 2.38. The molecule has 0 aromatic rings. The molecule has 0 radical (unpaired) electrons. The Kier molecular flexibility index (Phi) is 3.59. The molecule has 0 amide bonds. The molecular weight excluding hydrogens is 148 g/mol. The molecule has 0 nitrogen and oxygen atoms in total. The number of hydrogen-bond acceptors (Lipinski definition) is 2. The number of allylic oxidation sites excluding steroid dienone is 2. The van der Waals surface area contributed by atoms with Gasteiger partial charge in [0.15, 0.2) is 0 Å². The van der Waals surface area contributed by atoms with Crippen molar-refractivity contribution in [2.45, 2.75) is 12.8 Å². The van der Waals surface area contributed by atoms with E-state index in [0.717, 1.165) is 0 Å². The van der Waals surface area contributed by atoms with Crippen LogP contribution in [-0.2, 0) is 0 Å². The summed E-state index contributed by atoms with van der Waals surface area (Å²) < 4.78 is 0. The SMILES string of the molecule is CSCCC1=CCCS1. The second-order valence-corrected chi connectivity index (χ2v) is 4.26. The number of thioether (sulfide) groups is 2. The minimum Gasteiger partial charge on any atom is -0.165 e. The molecule has 0 fully saturated rings. The van der Waals surface area contributed by atoms with E-state index < -0.39 is 0 Å². The van der Waals surface area contributed by atoms with Gasteiger partial charge in [0.2, 0.25) is 0 Å². The van der Waals surface area contributed by atoms with Gasteiger partial charge in [-0.05, 0) is 29.8 Å². The maximum Gasteiger partial charge on any atom is 0.00117 e. The molecule has 0 aromatic carbocycles. The van der Waals surface area contributed by atoms with Crippen LogP contribution in [0.15, 0.2) is 11.0 Å². The molecular formula is C7H12S2. The molecule has 52 valence electrons. The van der Waals surface area contributed by atoms with E-state index in [0.29, 0.717) is 0 Å². The third kappa shape index (κ3) is 2.67. The van der Waals surface area contributed by atoms with Crippen LogP contribution in [0.1, 0.15) is 12.8 Å². The molecule has 1 heterocycles. The third-order valence-corrected chi connectivity index (χ3v) is 3.12. The van der Waals surface area contributed by atoms with Gasteiger partial charge >= 0.3 is 0 Å². The number of hydrogen-bond donors (Lipinski definition) is 0. The van der Waals surface area contributed by atoms with Gasteiger partial charge in [0.1, 0.15) is 0 Å². The van der Waals surface area contributed by atoms with Crippen LogP contribution in [0.4, 0.5) is 0 Å². The van der Waals surface area contributed by atoms with Crippen molar-refractivity contribution in [3.05, 3.63) is 11.0 Å². The summed E-state index contributed by atoms with van der Waals surface area (Å²) in [7, 11) is 0. The highest BCUT2D eigenvalue weighted by molar-refractivity contribution is 8.03. The fourth-order valence-electron chi connectivity index (χ4n) is 0.846. The van der Waals surface area contributed by atoms with Gasteiger partial charge in [-0.25, -0.2) is 0 Å². The lowest BCUT2D eigenvalue weighted by Gasteiger charge is -1.96. The van der Waals surface area contributed by atoms with E-state index in [1.54, 1.807) is 4.91 Å². The molecule has 0 atom stereocenters. The van der Waals surface area contributed by atoms with Gasteiger partial charge < -0.3 is 0 Å². The topological polar surface area (TPSA) is 0 Å². The maximum absolute atomic E-state index is 2.38. The van der Waals surface area contributed by atoms with Crippen LogP contribution >= 0.6 is 23.5 Å². The van der Waals surface area contributed by atoms with Gasteiger partial charge in [0.25, 0.3) is 0 Å². The first-order chi connectivity index (χ1) is 4.43. The van der Waals surface area contributed by atoms with Crippen LogP contribution in [0.3, 0.4) is 0 Å². The van der Waals surface area contributed by atoms with E-state index in [1.165, 1.54) is 24.3 Å². The quantitative estimate of drug-likeness (QED) is 0.622. The van der Waals surface area contributed by atoms with Crippen LogP contribution in [0.25, 0.3) is 0 Å².